The number of carboxylic acids is 1. The van der Waals surface area contributed by atoms with E-state index in [0.717, 1.165) is 11.1 Å². The molecule has 3 rings (SSSR count). The minimum Gasteiger partial charge on any atom is -0.481 e. The lowest BCUT2D eigenvalue weighted by molar-refractivity contribution is -0.155. The number of ether oxygens (including phenoxy) is 2. The van der Waals surface area contributed by atoms with Crippen LogP contribution in [0, 0.1) is 5.41 Å². The summed E-state index contributed by atoms with van der Waals surface area (Å²) in [6.45, 7) is 7.43. The van der Waals surface area contributed by atoms with Crippen LogP contribution in [0.15, 0.2) is 36.4 Å². The van der Waals surface area contributed by atoms with Crippen molar-refractivity contribution in [2.75, 3.05) is 32.6 Å². The van der Waals surface area contributed by atoms with Crippen molar-refractivity contribution in [3.05, 3.63) is 47.5 Å². The van der Waals surface area contributed by atoms with E-state index in [4.69, 9.17) is 9.47 Å². The Morgan fingerprint density at radius 2 is 1.77 bits per heavy atom. The number of benzene rings is 1. The highest BCUT2D eigenvalue weighted by Crippen LogP contribution is 2.41. The molecule has 1 aliphatic heterocycles. The summed E-state index contributed by atoms with van der Waals surface area (Å²) in [6, 6.07) is 11.0. The highest BCUT2D eigenvalue weighted by Gasteiger charge is 2.54. The Hall–Kier alpha value is -3.62. The predicted octanol–water partition coefficient (Wildman–Crippen LogP) is 3.44. The highest BCUT2D eigenvalue weighted by molar-refractivity contribution is 6.03. The standard InChI is InChI=1S/C26H33N3O6/c1-16(2)17-9-7-8-10-18(17)26(14-29(15-26)21(30)13-25(3,4)24(32)33)23(31)27-19-11-12-20(34-5)28-22(19)35-6/h7-12,16H,13-15H2,1-6H3,(H,27,31)(H,32,33). The number of pyridine rings is 1. The largest absolute Gasteiger partial charge is 0.481 e. The van der Waals surface area contributed by atoms with Crippen LogP contribution < -0.4 is 14.8 Å². The molecule has 0 atom stereocenters. The molecule has 188 valence electrons. The van der Waals surface area contributed by atoms with E-state index in [9.17, 15) is 19.5 Å². The number of hydrogen-bond acceptors (Lipinski definition) is 6. The molecule has 0 bridgehead atoms. The van der Waals surface area contributed by atoms with E-state index in [1.165, 1.54) is 28.1 Å². The Kier molecular flexibility index (Phi) is 7.38. The van der Waals surface area contributed by atoms with Crippen molar-refractivity contribution in [3.8, 4) is 11.8 Å². The molecule has 1 aromatic heterocycles. The van der Waals surface area contributed by atoms with E-state index in [1.807, 2.05) is 24.3 Å². The molecule has 1 aromatic carbocycles. The smallest absolute Gasteiger partial charge is 0.309 e. The topological polar surface area (TPSA) is 118 Å². The Bertz CT molecular complexity index is 1120. The van der Waals surface area contributed by atoms with Gasteiger partial charge < -0.3 is 24.8 Å². The fourth-order valence-electron chi connectivity index (χ4n) is 4.25. The zero-order valence-corrected chi connectivity index (χ0v) is 21.0. The maximum Gasteiger partial charge on any atom is 0.309 e. The van der Waals surface area contributed by atoms with E-state index in [2.05, 4.69) is 24.1 Å². The van der Waals surface area contributed by atoms with Crippen molar-refractivity contribution in [1.82, 2.24) is 9.88 Å². The van der Waals surface area contributed by atoms with E-state index in [-0.39, 0.29) is 43.1 Å². The fraction of sp³-hybridized carbons (Fsp3) is 0.462. The lowest BCUT2D eigenvalue weighted by atomic mass is 9.69. The second-order valence-corrected chi connectivity index (χ2v) is 9.80. The maximum atomic E-state index is 13.8. The van der Waals surface area contributed by atoms with Gasteiger partial charge in [0.15, 0.2) is 0 Å². The van der Waals surface area contributed by atoms with Crippen LogP contribution in [0.3, 0.4) is 0 Å². The van der Waals surface area contributed by atoms with Gasteiger partial charge in [-0.15, -0.1) is 0 Å². The number of carboxylic acid groups (broad SMARTS) is 1. The van der Waals surface area contributed by atoms with Gasteiger partial charge in [0.25, 0.3) is 0 Å². The second kappa shape index (κ2) is 9.93. The number of methoxy groups -OCH3 is 2. The number of carbonyl (C=O) groups is 3. The molecule has 0 unspecified atom stereocenters. The summed E-state index contributed by atoms with van der Waals surface area (Å²) in [7, 11) is 2.94. The molecule has 9 nitrogen and oxygen atoms in total. The van der Waals surface area contributed by atoms with Crippen LogP contribution in [0.5, 0.6) is 11.8 Å². The van der Waals surface area contributed by atoms with Crippen LogP contribution in [0.4, 0.5) is 5.69 Å². The summed E-state index contributed by atoms with van der Waals surface area (Å²) in [6.07, 6.45) is -0.151. The molecule has 1 aliphatic rings. The minimum atomic E-state index is -1.20. The molecule has 0 saturated carbocycles. The van der Waals surface area contributed by atoms with Crippen molar-refractivity contribution in [2.45, 2.75) is 45.4 Å². The zero-order chi connectivity index (χ0) is 26.0. The number of likely N-dealkylation sites (tertiary alicyclic amines) is 1. The van der Waals surface area contributed by atoms with Crippen LogP contribution >= 0.6 is 0 Å². The Morgan fingerprint density at radius 3 is 2.34 bits per heavy atom. The van der Waals surface area contributed by atoms with E-state index in [1.54, 1.807) is 17.0 Å². The molecule has 0 aliphatic carbocycles. The van der Waals surface area contributed by atoms with Crippen LogP contribution in [-0.4, -0.2) is 60.1 Å². The predicted molar refractivity (Wildman–Crippen MR) is 131 cm³/mol. The van der Waals surface area contributed by atoms with Crippen LogP contribution in [0.1, 0.15) is 51.2 Å². The molecule has 2 amide bonds. The number of aromatic nitrogens is 1. The van der Waals surface area contributed by atoms with E-state index in [0.29, 0.717) is 11.6 Å². The van der Waals surface area contributed by atoms with E-state index < -0.39 is 16.8 Å². The first-order valence-electron chi connectivity index (χ1n) is 11.5. The Balaban J connectivity index is 1.95. The van der Waals surface area contributed by atoms with Gasteiger partial charge in [0.2, 0.25) is 23.6 Å². The normalized spacial score (nSPS) is 14.8. The number of amides is 2. The summed E-state index contributed by atoms with van der Waals surface area (Å²) in [4.78, 5) is 44.0. The summed E-state index contributed by atoms with van der Waals surface area (Å²) in [5.41, 5.74) is 0.0381. The first-order chi connectivity index (χ1) is 16.4. The number of nitrogens with zero attached hydrogens (tertiary/aromatic N) is 2. The van der Waals surface area contributed by atoms with Crippen molar-refractivity contribution in [2.24, 2.45) is 5.41 Å². The lowest BCUT2D eigenvalue weighted by Gasteiger charge is -2.50. The van der Waals surface area contributed by atoms with Gasteiger partial charge in [-0.25, -0.2) is 0 Å². The highest BCUT2D eigenvalue weighted by atomic mass is 16.5. The molecule has 1 fully saturated rings. The molecule has 0 spiro atoms. The lowest BCUT2D eigenvalue weighted by Crippen LogP contribution is -2.67. The minimum absolute atomic E-state index is 0.142. The number of aliphatic carboxylic acids is 1. The van der Waals surface area contributed by atoms with Gasteiger partial charge in [0, 0.05) is 25.6 Å². The van der Waals surface area contributed by atoms with Crippen molar-refractivity contribution >= 4 is 23.5 Å². The summed E-state index contributed by atoms with van der Waals surface area (Å²) in [5.74, 6) is -0.922. The molecule has 9 heteroatoms. The van der Waals surface area contributed by atoms with Gasteiger partial charge in [-0.1, -0.05) is 38.1 Å². The van der Waals surface area contributed by atoms with Gasteiger partial charge in [0.05, 0.1) is 19.6 Å². The van der Waals surface area contributed by atoms with Crippen molar-refractivity contribution < 1.29 is 29.0 Å². The quantitative estimate of drug-likeness (QED) is 0.561. The average molecular weight is 484 g/mol. The number of carbonyl (C=O) groups excluding carboxylic acids is 2. The van der Waals surface area contributed by atoms with Crippen LogP contribution in [0.25, 0.3) is 0 Å². The maximum absolute atomic E-state index is 13.8. The zero-order valence-electron chi connectivity index (χ0n) is 21.0. The SMILES string of the molecule is COc1ccc(NC(=O)C2(c3ccccc3C(C)C)CN(C(=O)CC(C)(C)C(=O)O)C2)c(OC)n1. The van der Waals surface area contributed by atoms with Gasteiger partial charge in [-0.2, -0.15) is 4.98 Å². The molecule has 2 N–H and O–H groups in total. The molecule has 2 aromatic rings. The summed E-state index contributed by atoms with van der Waals surface area (Å²) in [5, 5.41) is 12.4. The summed E-state index contributed by atoms with van der Waals surface area (Å²) >= 11 is 0. The van der Waals surface area contributed by atoms with Gasteiger partial charge in [-0.3, -0.25) is 14.4 Å². The van der Waals surface area contributed by atoms with Crippen LogP contribution in [0.2, 0.25) is 0 Å². The molecular formula is C26H33N3O6. The third kappa shape index (κ3) is 5.08. The third-order valence-electron chi connectivity index (χ3n) is 6.46. The molecule has 0 radical (unpaired) electrons. The number of anilines is 1. The molecule has 2 heterocycles. The molecular weight excluding hydrogens is 450 g/mol. The van der Waals surface area contributed by atoms with Gasteiger partial charge in [-0.05, 0) is 37.0 Å². The summed E-state index contributed by atoms with van der Waals surface area (Å²) < 4.78 is 10.5. The van der Waals surface area contributed by atoms with Gasteiger partial charge >= 0.3 is 5.97 Å². The average Bonchev–Trinajstić information content (AvgIpc) is 2.78. The Labute approximate surface area is 205 Å². The van der Waals surface area contributed by atoms with Crippen molar-refractivity contribution in [3.63, 3.8) is 0 Å². The number of nitrogens with one attached hydrogen (secondary N) is 1. The Morgan fingerprint density at radius 1 is 1.11 bits per heavy atom. The fourth-order valence-corrected chi connectivity index (χ4v) is 4.25. The number of rotatable bonds is 9. The first kappa shape index (κ1) is 26.0. The monoisotopic (exact) mass is 483 g/mol. The van der Waals surface area contributed by atoms with Crippen LogP contribution in [-0.2, 0) is 19.8 Å². The molecule has 1 saturated heterocycles. The third-order valence-corrected chi connectivity index (χ3v) is 6.46. The van der Waals surface area contributed by atoms with Crippen molar-refractivity contribution in [1.29, 1.82) is 0 Å². The van der Waals surface area contributed by atoms with Gasteiger partial charge in [0.1, 0.15) is 11.1 Å². The number of hydrogen-bond donors (Lipinski definition) is 2. The first-order valence-corrected chi connectivity index (χ1v) is 11.5. The molecule has 35 heavy (non-hydrogen) atoms. The second-order valence-electron chi connectivity index (χ2n) is 9.80. The van der Waals surface area contributed by atoms with E-state index >= 15 is 0 Å².